The predicted molar refractivity (Wildman–Crippen MR) is 157 cm³/mol. The van der Waals surface area contributed by atoms with Crippen molar-refractivity contribution >= 4 is 56.7 Å². The summed E-state index contributed by atoms with van der Waals surface area (Å²) >= 11 is 12.5. The standard InChI is InChI=1S/C28H29Cl2N5O5S/c1-6-18-7-9-19(10-8-18)14-28(5)25(37)34(22-12-20(29)11-21(30)13-22)26-31-15-23(35(26)28)41(39,40)33-17(2)24(36)32-16-27(3,4)38/h1,7-13,15,17,33,38H,14,16H2,2-5H3,(H,32,36)/t17-,28+/m0/s1. The molecule has 13 heteroatoms. The first kappa shape index (κ1) is 30.6. The van der Waals surface area contributed by atoms with Gasteiger partial charge < -0.3 is 10.4 Å². The first-order valence-electron chi connectivity index (χ1n) is 12.5. The molecule has 2 amide bonds. The van der Waals surface area contributed by atoms with Gasteiger partial charge in [-0.1, -0.05) is 41.3 Å². The van der Waals surface area contributed by atoms with E-state index in [4.69, 9.17) is 29.6 Å². The Morgan fingerprint density at radius 1 is 1.20 bits per heavy atom. The normalized spacial score (nSPS) is 17.7. The minimum Gasteiger partial charge on any atom is -0.389 e. The van der Waals surface area contributed by atoms with Gasteiger partial charge in [-0.15, -0.1) is 6.42 Å². The number of hydrogen-bond donors (Lipinski definition) is 3. The topological polar surface area (TPSA) is 134 Å². The van der Waals surface area contributed by atoms with Gasteiger partial charge in [0.25, 0.3) is 15.9 Å². The molecule has 3 aromatic rings. The highest BCUT2D eigenvalue weighted by molar-refractivity contribution is 7.89. The van der Waals surface area contributed by atoms with Crippen molar-refractivity contribution in [1.82, 2.24) is 19.6 Å². The summed E-state index contributed by atoms with van der Waals surface area (Å²) in [7, 11) is -4.39. The van der Waals surface area contributed by atoms with Gasteiger partial charge >= 0.3 is 0 Å². The molecule has 0 saturated carbocycles. The van der Waals surface area contributed by atoms with E-state index in [-0.39, 0.29) is 34.0 Å². The van der Waals surface area contributed by atoms with Crippen LogP contribution in [0.4, 0.5) is 11.6 Å². The molecule has 3 N–H and O–H groups in total. The number of terminal acetylenes is 1. The summed E-state index contributed by atoms with van der Waals surface area (Å²) in [4.78, 5) is 32.3. The molecule has 4 rings (SSSR count). The third-order valence-electron chi connectivity index (χ3n) is 6.54. The molecule has 0 saturated heterocycles. The van der Waals surface area contributed by atoms with Gasteiger partial charge in [0.1, 0.15) is 5.54 Å². The van der Waals surface area contributed by atoms with Gasteiger partial charge in [-0.25, -0.2) is 18.3 Å². The Kier molecular flexibility index (Phi) is 8.28. The number of anilines is 2. The van der Waals surface area contributed by atoms with Crippen LogP contribution in [-0.2, 0) is 31.6 Å². The molecule has 1 aromatic heterocycles. The van der Waals surface area contributed by atoms with E-state index >= 15 is 0 Å². The molecule has 0 bridgehead atoms. The van der Waals surface area contributed by atoms with Crippen molar-refractivity contribution in [3.63, 3.8) is 0 Å². The number of sulfonamides is 1. The number of rotatable bonds is 9. The zero-order valence-electron chi connectivity index (χ0n) is 22.8. The van der Waals surface area contributed by atoms with Crippen LogP contribution < -0.4 is 14.9 Å². The van der Waals surface area contributed by atoms with Gasteiger partial charge in [0.05, 0.1) is 23.5 Å². The SMILES string of the molecule is C#Cc1ccc(C[C@]2(C)C(=O)N(c3cc(Cl)cc(Cl)c3)c3ncc(S(=O)(=O)N[C@@H](C)C(=O)NCC(C)(C)O)n32)cc1. The van der Waals surface area contributed by atoms with Crippen LogP contribution in [0.2, 0.25) is 10.0 Å². The molecule has 2 heterocycles. The van der Waals surface area contributed by atoms with Crippen molar-refractivity contribution < 1.29 is 23.1 Å². The summed E-state index contributed by atoms with van der Waals surface area (Å²) in [5, 5.41) is 12.6. The third kappa shape index (κ3) is 6.27. The second-order valence-electron chi connectivity index (χ2n) is 10.7. The van der Waals surface area contributed by atoms with E-state index in [0.29, 0.717) is 11.3 Å². The molecule has 1 aliphatic rings. The van der Waals surface area contributed by atoms with E-state index in [0.717, 1.165) is 11.8 Å². The second kappa shape index (κ2) is 11.1. The lowest BCUT2D eigenvalue weighted by Gasteiger charge is -2.27. The maximum absolute atomic E-state index is 14.1. The van der Waals surface area contributed by atoms with E-state index in [1.165, 1.54) is 48.4 Å². The van der Waals surface area contributed by atoms with Crippen LogP contribution in [-0.4, -0.2) is 53.1 Å². The average Bonchev–Trinajstić information content (AvgIpc) is 3.40. The number of halogens is 2. The largest absolute Gasteiger partial charge is 0.389 e. The monoisotopic (exact) mass is 617 g/mol. The second-order valence-corrected chi connectivity index (χ2v) is 13.2. The van der Waals surface area contributed by atoms with Crippen molar-refractivity contribution in [2.45, 2.75) is 56.3 Å². The number of benzene rings is 2. The van der Waals surface area contributed by atoms with E-state index in [2.05, 4.69) is 20.9 Å². The summed E-state index contributed by atoms with van der Waals surface area (Å²) in [5.41, 5.74) is -0.967. The van der Waals surface area contributed by atoms with E-state index in [1.807, 2.05) is 0 Å². The third-order valence-corrected chi connectivity index (χ3v) is 8.48. The number of aliphatic hydroxyl groups is 1. The fourth-order valence-electron chi connectivity index (χ4n) is 4.54. The number of aromatic nitrogens is 2. The van der Waals surface area contributed by atoms with Gasteiger partial charge in [0, 0.05) is 28.6 Å². The summed E-state index contributed by atoms with van der Waals surface area (Å²) < 4.78 is 31.0. The molecule has 0 aliphatic carbocycles. The maximum Gasteiger partial charge on any atom is 0.260 e. The number of carbonyl (C=O) groups excluding carboxylic acids is 2. The molecule has 2 aromatic carbocycles. The van der Waals surface area contributed by atoms with E-state index in [1.54, 1.807) is 31.2 Å². The van der Waals surface area contributed by atoms with Crippen molar-refractivity contribution in [1.29, 1.82) is 0 Å². The highest BCUT2D eigenvalue weighted by atomic mass is 35.5. The Labute approximate surface area is 248 Å². The summed E-state index contributed by atoms with van der Waals surface area (Å²) in [6, 6.07) is 10.4. The Hall–Kier alpha value is -3.40. The zero-order chi connectivity index (χ0) is 30.3. The molecular weight excluding hydrogens is 589 g/mol. The number of amides is 2. The quantitative estimate of drug-likeness (QED) is 0.315. The molecule has 2 atom stereocenters. The molecule has 1 aliphatic heterocycles. The van der Waals surface area contributed by atoms with Crippen molar-refractivity contribution in [3.05, 3.63) is 69.8 Å². The lowest BCUT2D eigenvalue weighted by molar-refractivity contribution is -0.124. The van der Waals surface area contributed by atoms with Crippen LogP contribution in [0.1, 0.15) is 38.8 Å². The summed E-state index contributed by atoms with van der Waals surface area (Å²) in [6.45, 7) is 5.92. The smallest absolute Gasteiger partial charge is 0.260 e. The van der Waals surface area contributed by atoms with Gasteiger partial charge in [-0.05, 0) is 63.6 Å². The first-order chi connectivity index (χ1) is 19.1. The Bertz CT molecular complexity index is 1640. The number of fused-ring (bicyclic) bond motifs is 1. The Balaban J connectivity index is 1.79. The molecule has 41 heavy (non-hydrogen) atoms. The molecule has 216 valence electrons. The molecule has 0 fully saturated rings. The molecule has 10 nitrogen and oxygen atoms in total. The van der Waals surface area contributed by atoms with Crippen molar-refractivity contribution in [2.24, 2.45) is 0 Å². The van der Waals surface area contributed by atoms with Crippen LogP contribution in [0.3, 0.4) is 0 Å². The number of nitrogens with zero attached hydrogens (tertiary/aromatic N) is 3. The van der Waals surface area contributed by atoms with Crippen LogP contribution in [0.15, 0.2) is 53.7 Å². The number of imidazole rings is 1. The van der Waals surface area contributed by atoms with E-state index in [9.17, 15) is 23.1 Å². The number of hydrogen-bond acceptors (Lipinski definition) is 6. The van der Waals surface area contributed by atoms with Crippen LogP contribution in [0, 0.1) is 12.3 Å². The van der Waals surface area contributed by atoms with Gasteiger partial charge in [-0.3, -0.25) is 14.2 Å². The molecule has 0 unspecified atom stereocenters. The van der Waals surface area contributed by atoms with Crippen molar-refractivity contribution in [3.8, 4) is 12.3 Å². The number of nitrogens with one attached hydrogen (secondary N) is 2. The van der Waals surface area contributed by atoms with Crippen LogP contribution in [0.5, 0.6) is 0 Å². The predicted octanol–water partition coefficient (Wildman–Crippen LogP) is 3.36. The Morgan fingerprint density at radius 2 is 1.80 bits per heavy atom. The molecule has 0 spiro atoms. The minimum atomic E-state index is -4.39. The highest BCUT2D eigenvalue weighted by Crippen LogP contribution is 2.44. The lowest BCUT2D eigenvalue weighted by Crippen LogP contribution is -2.49. The zero-order valence-corrected chi connectivity index (χ0v) is 25.1. The highest BCUT2D eigenvalue weighted by Gasteiger charge is 2.52. The molecular formula is C28H29Cl2N5O5S. The molecule has 0 radical (unpaired) electrons. The van der Waals surface area contributed by atoms with E-state index < -0.39 is 39.0 Å². The van der Waals surface area contributed by atoms with Crippen molar-refractivity contribution in [2.75, 3.05) is 11.4 Å². The summed E-state index contributed by atoms with van der Waals surface area (Å²) in [6.07, 6.45) is 6.70. The van der Waals surface area contributed by atoms with Crippen LogP contribution >= 0.6 is 23.2 Å². The minimum absolute atomic E-state index is 0.0376. The summed E-state index contributed by atoms with van der Waals surface area (Å²) in [5.74, 6) is 1.47. The van der Waals surface area contributed by atoms with Gasteiger partial charge in [0.2, 0.25) is 11.9 Å². The Morgan fingerprint density at radius 3 is 2.37 bits per heavy atom. The average molecular weight is 619 g/mol. The maximum atomic E-state index is 14.1. The van der Waals surface area contributed by atoms with Gasteiger partial charge in [0.15, 0.2) is 5.03 Å². The van der Waals surface area contributed by atoms with Gasteiger partial charge in [-0.2, -0.15) is 4.72 Å². The number of carbonyl (C=O) groups is 2. The van der Waals surface area contributed by atoms with Crippen LogP contribution in [0.25, 0.3) is 0 Å². The lowest BCUT2D eigenvalue weighted by atomic mass is 9.91. The fourth-order valence-corrected chi connectivity index (χ4v) is 6.46. The first-order valence-corrected chi connectivity index (χ1v) is 14.8. The fraction of sp³-hybridized carbons (Fsp3) is 0.321.